The summed E-state index contributed by atoms with van der Waals surface area (Å²) >= 11 is 0. The number of likely N-dealkylation sites (N-methyl/N-ethyl adjacent to an activating group) is 1. The standard InChI is InChI=1S/C25H30N4O.2ClH/c1-25(2)15-18-16-26-24(27-19-8-6-17(7-9-19)12-13-29(3)4)28-23(18)21-14-20(30-5)10-11-22(21)25;;/h6-11,14,16H,12-13,15H2,1-5H3,(H,26,27,28);2*1H. The van der Waals surface area contributed by atoms with Crippen molar-refractivity contribution in [3.8, 4) is 17.0 Å². The molecule has 1 heterocycles. The number of fused-ring (bicyclic) bond motifs is 3. The number of aromatic nitrogens is 2. The smallest absolute Gasteiger partial charge is 0.227 e. The van der Waals surface area contributed by atoms with E-state index >= 15 is 0 Å². The molecule has 0 bridgehead atoms. The fourth-order valence-corrected chi connectivity index (χ4v) is 4.07. The Morgan fingerprint density at radius 3 is 2.44 bits per heavy atom. The number of rotatable bonds is 6. The number of halogens is 2. The Bertz CT molecular complexity index is 1050. The molecule has 4 rings (SSSR count). The average molecular weight is 475 g/mol. The summed E-state index contributed by atoms with van der Waals surface area (Å²) in [7, 11) is 5.89. The van der Waals surface area contributed by atoms with Crippen LogP contribution in [0, 0.1) is 0 Å². The van der Waals surface area contributed by atoms with Gasteiger partial charge in [0, 0.05) is 24.0 Å². The van der Waals surface area contributed by atoms with Crippen LogP contribution in [0.25, 0.3) is 11.3 Å². The Morgan fingerprint density at radius 2 is 1.78 bits per heavy atom. The molecule has 1 aromatic heterocycles. The van der Waals surface area contributed by atoms with Crippen molar-refractivity contribution in [1.29, 1.82) is 0 Å². The zero-order valence-corrected chi connectivity index (χ0v) is 20.9. The van der Waals surface area contributed by atoms with Crippen LogP contribution in [-0.4, -0.2) is 42.6 Å². The summed E-state index contributed by atoms with van der Waals surface area (Å²) in [5, 5.41) is 3.36. The molecule has 0 atom stereocenters. The molecule has 0 saturated carbocycles. The summed E-state index contributed by atoms with van der Waals surface area (Å²) in [5.74, 6) is 1.46. The summed E-state index contributed by atoms with van der Waals surface area (Å²) in [6.07, 6.45) is 3.92. The predicted molar refractivity (Wildman–Crippen MR) is 137 cm³/mol. The summed E-state index contributed by atoms with van der Waals surface area (Å²) < 4.78 is 5.47. The van der Waals surface area contributed by atoms with Crippen LogP contribution in [0.4, 0.5) is 11.6 Å². The van der Waals surface area contributed by atoms with Gasteiger partial charge in [0.05, 0.1) is 12.8 Å². The topological polar surface area (TPSA) is 50.3 Å². The lowest BCUT2D eigenvalue weighted by molar-refractivity contribution is 0.413. The lowest BCUT2D eigenvalue weighted by atomic mass is 9.72. The monoisotopic (exact) mass is 474 g/mol. The van der Waals surface area contributed by atoms with Gasteiger partial charge in [-0.15, -0.1) is 24.8 Å². The molecule has 0 radical (unpaired) electrons. The molecule has 0 saturated heterocycles. The maximum absolute atomic E-state index is 5.47. The maximum atomic E-state index is 5.47. The summed E-state index contributed by atoms with van der Waals surface area (Å²) in [4.78, 5) is 11.7. The maximum Gasteiger partial charge on any atom is 0.227 e. The van der Waals surface area contributed by atoms with Crippen LogP contribution in [-0.2, 0) is 18.3 Å². The summed E-state index contributed by atoms with van der Waals surface area (Å²) in [6.45, 7) is 5.58. The minimum absolute atomic E-state index is 0. The van der Waals surface area contributed by atoms with Gasteiger partial charge in [-0.25, -0.2) is 9.97 Å². The van der Waals surface area contributed by atoms with Crippen molar-refractivity contribution < 1.29 is 4.74 Å². The van der Waals surface area contributed by atoms with Gasteiger partial charge in [0.2, 0.25) is 5.95 Å². The van der Waals surface area contributed by atoms with E-state index < -0.39 is 0 Å². The number of hydrogen-bond acceptors (Lipinski definition) is 5. The predicted octanol–water partition coefficient (Wildman–Crippen LogP) is 5.68. The van der Waals surface area contributed by atoms with Crippen molar-refractivity contribution in [1.82, 2.24) is 14.9 Å². The van der Waals surface area contributed by atoms with Crippen LogP contribution in [0.15, 0.2) is 48.7 Å². The molecule has 0 fully saturated rings. The van der Waals surface area contributed by atoms with E-state index in [9.17, 15) is 0 Å². The van der Waals surface area contributed by atoms with Crippen LogP contribution in [0.5, 0.6) is 5.75 Å². The lowest BCUT2D eigenvalue weighted by Gasteiger charge is -2.33. The van der Waals surface area contributed by atoms with Crippen molar-refractivity contribution in [3.05, 3.63) is 65.4 Å². The number of methoxy groups -OCH3 is 1. The van der Waals surface area contributed by atoms with E-state index in [1.54, 1.807) is 7.11 Å². The van der Waals surface area contributed by atoms with Crippen molar-refractivity contribution >= 4 is 36.4 Å². The van der Waals surface area contributed by atoms with E-state index in [4.69, 9.17) is 9.72 Å². The highest BCUT2D eigenvalue weighted by Gasteiger charge is 2.32. The Kier molecular flexibility index (Phi) is 8.52. The van der Waals surface area contributed by atoms with Gasteiger partial charge < -0.3 is 15.0 Å². The van der Waals surface area contributed by atoms with Crippen LogP contribution < -0.4 is 10.1 Å². The second-order valence-corrected chi connectivity index (χ2v) is 8.91. The van der Waals surface area contributed by atoms with Gasteiger partial charge in [-0.05, 0) is 73.3 Å². The van der Waals surface area contributed by atoms with Gasteiger partial charge in [0.15, 0.2) is 0 Å². The quantitative estimate of drug-likeness (QED) is 0.497. The highest BCUT2D eigenvalue weighted by Crippen LogP contribution is 2.43. The molecule has 172 valence electrons. The molecule has 3 aromatic rings. The molecule has 2 aromatic carbocycles. The van der Waals surface area contributed by atoms with Gasteiger partial charge >= 0.3 is 0 Å². The van der Waals surface area contributed by atoms with Crippen LogP contribution in [0.2, 0.25) is 0 Å². The SMILES string of the molecule is COc1ccc2c(c1)-c1nc(Nc3ccc(CCN(C)C)cc3)ncc1CC2(C)C.Cl.Cl. The van der Waals surface area contributed by atoms with Gasteiger partial charge in [0.25, 0.3) is 0 Å². The molecule has 5 nitrogen and oxygen atoms in total. The molecule has 32 heavy (non-hydrogen) atoms. The third-order valence-corrected chi connectivity index (χ3v) is 5.77. The minimum Gasteiger partial charge on any atom is -0.497 e. The van der Waals surface area contributed by atoms with Gasteiger partial charge in [-0.2, -0.15) is 0 Å². The number of benzene rings is 2. The number of nitrogens with zero attached hydrogens (tertiary/aromatic N) is 3. The minimum atomic E-state index is 0. The highest BCUT2D eigenvalue weighted by atomic mass is 35.5. The number of ether oxygens (including phenoxy) is 1. The van der Waals surface area contributed by atoms with Crippen LogP contribution >= 0.6 is 24.8 Å². The lowest BCUT2D eigenvalue weighted by Crippen LogP contribution is -2.26. The van der Waals surface area contributed by atoms with E-state index in [0.717, 1.165) is 42.1 Å². The third kappa shape index (κ3) is 5.52. The zero-order valence-electron chi connectivity index (χ0n) is 19.3. The second-order valence-electron chi connectivity index (χ2n) is 8.91. The third-order valence-electron chi connectivity index (χ3n) is 5.77. The Morgan fingerprint density at radius 1 is 1.06 bits per heavy atom. The Labute approximate surface area is 203 Å². The van der Waals surface area contributed by atoms with E-state index in [-0.39, 0.29) is 30.2 Å². The van der Waals surface area contributed by atoms with Crippen LogP contribution in [0.1, 0.15) is 30.5 Å². The molecule has 0 spiro atoms. The van der Waals surface area contributed by atoms with Gasteiger partial charge in [-0.3, -0.25) is 0 Å². The first-order valence-corrected chi connectivity index (χ1v) is 10.4. The molecule has 0 amide bonds. The summed E-state index contributed by atoms with van der Waals surface area (Å²) in [5.41, 5.74) is 6.94. The van der Waals surface area contributed by atoms with Crippen molar-refractivity contribution in [2.75, 3.05) is 33.1 Å². The summed E-state index contributed by atoms with van der Waals surface area (Å²) in [6, 6.07) is 14.8. The molecule has 7 heteroatoms. The molecular weight excluding hydrogens is 443 g/mol. The largest absolute Gasteiger partial charge is 0.497 e. The van der Waals surface area contributed by atoms with E-state index in [1.807, 2.05) is 12.3 Å². The molecule has 0 unspecified atom stereocenters. The van der Waals surface area contributed by atoms with E-state index in [0.29, 0.717) is 5.95 Å². The van der Waals surface area contributed by atoms with E-state index in [2.05, 4.69) is 79.5 Å². The normalized spacial score (nSPS) is 13.3. The van der Waals surface area contributed by atoms with Crippen LogP contribution in [0.3, 0.4) is 0 Å². The molecule has 0 aliphatic heterocycles. The zero-order chi connectivity index (χ0) is 21.3. The number of hydrogen-bond donors (Lipinski definition) is 1. The van der Waals surface area contributed by atoms with Gasteiger partial charge in [-0.1, -0.05) is 32.0 Å². The number of nitrogens with one attached hydrogen (secondary N) is 1. The molecule has 1 aliphatic carbocycles. The molecular formula is C25H32Cl2N4O. The van der Waals surface area contributed by atoms with Crippen molar-refractivity contribution in [3.63, 3.8) is 0 Å². The van der Waals surface area contributed by atoms with Crippen molar-refractivity contribution in [2.45, 2.75) is 32.1 Å². The first-order chi connectivity index (χ1) is 14.4. The fraction of sp³-hybridized carbons (Fsp3) is 0.360. The Balaban J connectivity index is 0.00000181. The average Bonchev–Trinajstić information content (AvgIpc) is 2.73. The molecule has 1 aliphatic rings. The number of anilines is 2. The molecule has 1 N–H and O–H groups in total. The fourth-order valence-electron chi connectivity index (χ4n) is 4.07. The van der Waals surface area contributed by atoms with Crippen molar-refractivity contribution in [2.24, 2.45) is 0 Å². The highest BCUT2D eigenvalue weighted by molar-refractivity contribution is 5.85. The van der Waals surface area contributed by atoms with E-state index in [1.165, 1.54) is 16.7 Å². The Hall–Kier alpha value is -2.34. The first-order valence-electron chi connectivity index (χ1n) is 10.4. The first kappa shape index (κ1) is 25.9. The second kappa shape index (κ2) is 10.5. The van der Waals surface area contributed by atoms with Gasteiger partial charge in [0.1, 0.15) is 5.75 Å².